The Balaban J connectivity index is 1.85. The SMILES string of the molecule is Cc1cc2oc(-c3ccccc3)c(OC(=O)c3ccc(N(C)C)cc3)c(=O)c2cc1C. The third-order valence-electron chi connectivity index (χ3n) is 5.32. The van der Waals surface area contributed by atoms with Crippen molar-refractivity contribution in [1.29, 1.82) is 0 Å². The van der Waals surface area contributed by atoms with E-state index in [4.69, 9.17) is 9.15 Å². The van der Waals surface area contributed by atoms with Crippen molar-refractivity contribution >= 4 is 22.6 Å². The highest BCUT2D eigenvalue weighted by Gasteiger charge is 2.21. The zero-order valence-corrected chi connectivity index (χ0v) is 17.9. The molecule has 0 bridgehead atoms. The van der Waals surface area contributed by atoms with Crippen LogP contribution in [0.1, 0.15) is 21.5 Å². The van der Waals surface area contributed by atoms with E-state index in [1.165, 1.54) is 0 Å². The van der Waals surface area contributed by atoms with E-state index < -0.39 is 5.97 Å². The first-order valence-corrected chi connectivity index (χ1v) is 9.98. The molecule has 31 heavy (non-hydrogen) atoms. The number of ether oxygens (including phenoxy) is 1. The lowest BCUT2D eigenvalue weighted by Gasteiger charge is -2.13. The van der Waals surface area contributed by atoms with Gasteiger partial charge in [0.2, 0.25) is 11.2 Å². The monoisotopic (exact) mass is 413 g/mol. The Morgan fingerprint density at radius 1 is 0.903 bits per heavy atom. The highest BCUT2D eigenvalue weighted by molar-refractivity contribution is 5.93. The van der Waals surface area contributed by atoms with Crippen LogP contribution in [0.3, 0.4) is 0 Å². The molecule has 0 radical (unpaired) electrons. The molecule has 1 heterocycles. The molecular formula is C26H23NO4. The normalized spacial score (nSPS) is 10.8. The molecule has 4 aromatic rings. The molecule has 0 aliphatic carbocycles. The Morgan fingerprint density at radius 2 is 1.55 bits per heavy atom. The van der Waals surface area contributed by atoms with E-state index >= 15 is 0 Å². The Labute approximate surface area is 180 Å². The number of rotatable bonds is 4. The third-order valence-corrected chi connectivity index (χ3v) is 5.32. The average molecular weight is 413 g/mol. The van der Waals surface area contributed by atoms with Gasteiger partial charge in [-0.15, -0.1) is 0 Å². The smallest absolute Gasteiger partial charge is 0.343 e. The minimum atomic E-state index is -0.613. The number of carbonyl (C=O) groups excluding carboxylic acids is 1. The number of carbonyl (C=O) groups is 1. The Morgan fingerprint density at radius 3 is 2.19 bits per heavy atom. The van der Waals surface area contributed by atoms with Gasteiger partial charge in [0.15, 0.2) is 5.76 Å². The number of hydrogen-bond donors (Lipinski definition) is 0. The zero-order chi connectivity index (χ0) is 22.1. The van der Waals surface area contributed by atoms with Gasteiger partial charge >= 0.3 is 5.97 Å². The molecule has 0 aliphatic heterocycles. The van der Waals surface area contributed by atoms with Crippen LogP contribution in [0.25, 0.3) is 22.3 Å². The molecule has 3 aromatic carbocycles. The van der Waals surface area contributed by atoms with Crippen LogP contribution in [0.15, 0.2) is 75.9 Å². The predicted molar refractivity (Wildman–Crippen MR) is 123 cm³/mol. The van der Waals surface area contributed by atoms with Gasteiger partial charge < -0.3 is 14.1 Å². The summed E-state index contributed by atoms with van der Waals surface area (Å²) in [5.74, 6) is -0.485. The summed E-state index contributed by atoms with van der Waals surface area (Å²) in [4.78, 5) is 28.2. The van der Waals surface area contributed by atoms with Crippen molar-refractivity contribution in [2.45, 2.75) is 13.8 Å². The fourth-order valence-corrected chi connectivity index (χ4v) is 3.35. The summed E-state index contributed by atoms with van der Waals surface area (Å²) >= 11 is 0. The molecule has 0 atom stereocenters. The molecule has 0 fully saturated rings. The summed E-state index contributed by atoms with van der Waals surface area (Å²) in [6, 6.07) is 19.8. The van der Waals surface area contributed by atoms with Crippen LogP contribution in [0, 0.1) is 13.8 Å². The van der Waals surface area contributed by atoms with Gasteiger partial charge in [-0.3, -0.25) is 4.79 Å². The summed E-state index contributed by atoms with van der Waals surface area (Å²) < 4.78 is 11.7. The van der Waals surface area contributed by atoms with Crippen LogP contribution in [-0.4, -0.2) is 20.1 Å². The van der Waals surface area contributed by atoms with Crippen LogP contribution in [0.5, 0.6) is 5.75 Å². The average Bonchev–Trinajstić information content (AvgIpc) is 2.77. The quantitative estimate of drug-likeness (QED) is 0.422. The first-order chi connectivity index (χ1) is 14.8. The van der Waals surface area contributed by atoms with Crippen molar-refractivity contribution < 1.29 is 13.9 Å². The molecular weight excluding hydrogens is 390 g/mol. The molecule has 5 nitrogen and oxygen atoms in total. The van der Waals surface area contributed by atoms with E-state index in [1.807, 2.05) is 81.4 Å². The number of anilines is 1. The van der Waals surface area contributed by atoms with Gasteiger partial charge in [0.1, 0.15) is 5.58 Å². The Kier molecular flexibility index (Phi) is 5.34. The lowest BCUT2D eigenvalue weighted by atomic mass is 10.0. The van der Waals surface area contributed by atoms with E-state index in [-0.39, 0.29) is 16.9 Å². The maximum absolute atomic E-state index is 13.4. The number of hydrogen-bond acceptors (Lipinski definition) is 5. The predicted octanol–water partition coefficient (Wildman–Crippen LogP) is 5.36. The minimum Gasteiger partial charge on any atom is -0.452 e. The summed E-state index contributed by atoms with van der Waals surface area (Å²) in [6.45, 7) is 3.89. The van der Waals surface area contributed by atoms with Crippen molar-refractivity contribution in [3.63, 3.8) is 0 Å². The fraction of sp³-hybridized carbons (Fsp3) is 0.154. The van der Waals surface area contributed by atoms with E-state index in [0.29, 0.717) is 22.1 Å². The molecule has 0 saturated carbocycles. The molecule has 4 rings (SSSR count). The molecule has 5 heteroatoms. The molecule has 0 amide bonds. The molecule has 0 spiro atoms. The molecule has 156 valence electrons. The van der Waals surface area contributed by atoms with Gasteiger partial charge in [-0.25, -0.2) is 4.79 Å². The summed E-state index contributed by atoms with van der Waals surface area (Å²) in [5, 5.41) is 0.383. The van der Waals surface area contributed by atoms with Crippen LogP contribution < -0.4 is 15.1 Å². The van der Waals surface area contributed by atoms with Crippen molar-refractivity contribution in [3.8, 4) is 17.1 Å². The van der Waals surface area contributed by atoms with Crippen molar-refractivity contribution in [2.75, 3.05) is 19.0 Å². The standard InChI is InChI=1S/C26H23NO4/c1-16-14-21-22(15-17(16)2)30-24(18-8-6-5-7-9-18)25(23(21)28)31-26(29)19-10-12-20(13-11-19)27(3)4/h5-15H,1-4H3. The second kappa shape index (κ2) is 8.11. The lowest BCUT2D eigenvalue weighted by molar-refractivity contribution is 0.0731. The molecule has 1 aromatic heterocycles. The van der Waals surface area contributed by atoms with Gasteiger partial charge in [0.25, 0.3) is 0 Å². The first kappa shape index (κ1) is 20.4. The number of fused-ring (bicyclic) bond motifs is 1. The van der Waals surface area contributed by atoms with Crippen molar-refractivity contribution in [3.05, 3.63) is 93.6 Å². The minimum absolute atomic E-state index is 0.108. The summed E-state index contributed by atoms with van der Waals surface area (Å²) in [7, 11) is 3.84. The van der Waals surface area contributed by atoms with Gasteiger partial charge in [-0.05, 0) is 61.4 Å². The van der Waals surface area contributed by atoms with Gasteiger partial charge in [-0.1, -0.05) is 30.3 Å². The summed E-state index contributed by atoms with van der Waals surface area (Å²) in [5.41, 5.74) is 4.03. The number of esters is 1. The summed E-state index contributed by atoms with van der Waals surface area (Å²) in [6.07, 6.45) is 0. The van der Waals surface area contributed by atoms with Crippen LogP contribution in [0.4, 0.5) is 5.69 Å². The van der Waals surface area contributed by atoms with Crippen molar-refractivity contribution in [1.82, 2.24) is 0 Å². The topological polar surface area (TPSA) is 59.8 Å². The van der Waals surface area contributed by atoms with Gasteiger partial charge in [-0.2, -0.15) is 0 Å². The second-order valence-electron chi connectivity index (χ2n) is 7.72. The number of nitrogens with zero attached hydrogens (tertiary/aromatic N) is 1. The molecule has 0 unspecified atom stereocenters. The Hall–Kier alpha value is -3.86. The maximum atomic E-state index is 13.4. The second-order valence-corrected chi connectivity index (χ2v) is 7.72. The van der Waals surface area contributed by atoms with Gasteiger partial charge in [0, 0.05) is 25.3 Å². The largest absolute Gasteiger partial charge is 0.452 e. The molecule has 0 N–H and O–H groups in total. The van der Waals surface area contributed by atoms with E-state index in [1.54, 1.807) is 18.2 Å². The fourth-order valence-electron chi connectivity index (χ4n) is 3.35. The van der Waals surface area contributed by atoms with E-state index in [0.717, 1.165) is 16.8 Å². The van der Waals surface area contributed by atoms with Crippen LogP contribution in [0.2, 0.25) is 0 Å². The zero-order valence-electron chi connectivity index (χ0n) is 17.9. The highest BCUT2D eigenvalue weighted by atomic mass is 16.5. The number of benzene rings is 3. The van der Waals surface area contributed by atoms with Crippen LogP contribution in [-0.2, 0) is 0 Å². The number of aryl methyl sites for hydroxylation is 2. The highest BCUT2D eigenvalue weighted by Crippen LogP contribution is 2.32. The van der Waals surface area contributed by atoms with E-state index in [2.05, 4.69) is 0 Å². The lowest BCUT2D eigenvalue weighted by Crippen LogP contribution is -2.17. The van der Waals surface area contributed by atoms with E-state index in [9.17, 15) is 9.59 Å². The molecule has 0 saturated heterocycles. The van der Waals surface area contributed by atoms with Crippen molar-refractivity contribution in [2.24, 2.45) is 0 Å². The molecule has 0 aliphatic rings. The van der Waals surface area contributed by atoms with Gasteiger partial charge in [0.05, 0.1) is 10.9 Å². The Bertz CT molecular complexity index is 1320. The van der Waals surface area contributed by atoms with Crippen LogP contribution >= 0.6 is 0 Å². The third kappa shape index (κ3) is 3.94. The maximum Gasteiger partial charge on any atom is 0.343 e. The first-order valence-electron chi connectivity index (χ1n) is 9.98.